The molecule has 86 valence electrons. The van der Waals surface area contributed by atoms with Crippen molar-refractivity contribution in [1.29, 1.82) is 0 Å². The van der Waals surface area contributed by atoms with E-state index < -0.39 is 5.97 Å². The third-order valence-corrected chi connectivity index (χ3v) is 3.54. The number of benzene rings is 1. The zero-order chi connectivity index (χ0) is 11.5. The quantitative estimate of drug-likeness (QED) is 0.892. The summed E-state index contributed by atoms with van der Waals surface area (Å²) in [4.78, 5) is 10.8. The van der Waals surface area contributed by atoms with Crippen molar-refractivity contribution in [3.05, 3.63) is 34.3 Å². The van der Waals surface area contributed by atoms with E-state index in [1.165, 1.54) is 5.56 Å². The van der Waals surface area contributed by atoms with Gasteiger partial charge in [0.1, 0.15) is 0 Å². The van der Waals surface area contributed by atoms with Gasteiger partial charge in [0.25, 0.3) is 0 Å². The molecule has 3 nitrogen and oxygen atoms in total. The molecule has 1 saturated carbocycles. The summed E-state index contributed by atoms with van der Waals surface area (Å²) in [5, 5.41) is 12.2. The second-order valence-corrected chi connectivity index (χ2v) is 5.06. The normalized spacial score (nSPS) is 23.8. The lowest BCUT2D eigenvalue weighted by molar-refractivity contribution is -0.146. The molecule has 4 heteroatoms. The molecule has 0 saturated heterocycles. The Hall–Kier alpha value is -0.870. The van der Waals surface area contributed by atoms with Crippen LogP contribution in [0.4, 0.5) is 0 Å². The summed E-state index contributed by atoms with van der Waals surface area (Å²) in [6.07, 6.45) is 1.76. The Balaban J connectivity index is 1.86. The smallest absolute Gasteiger partial charge is 0.308 e. The minimum atomic E-state index is -0.682. The third-order valence-electron chi connectivity index (χ3n) is 3.05. The maximum atomic E-state index is 10.8. The lowest BCUT2D eigenvalue weighted by Crippen LogP contribution is -2.47. The average molecular weight is 284 g/mol. The van der Waals surface area contributed by atoms with E-state index >= 15 is 0 Å². The number of carboxylic acid groups (broad SMARTS) is 1. The maximum Gasteiger partial charge on any atom is 0.308 e. The number of rotatable bonds is 4. The highest BCUT2D eigenvalue weighted by Crippen LogP contribution is 2.27. The molecule has 1 aromatic rings. The molecule has 1 aliphatic carbocycles. The van der Waals surface area contributed by atoms with Crippen LogP contribution in [-0.2, 0) is 11.3 Å². The summed E-state index contributed by atoms with van der Waals surface area (Å²) >= 11 is 3.41. The van der Waals surface area contributed by atoms with Gasteiger partial charge in [0.15, 0.2) is 0 Å². The van der Waals surface area contributed by atoms with Gasteiger partial charge in [-0.3, -0.25) is 4.79 Å². The summed E-state index contributed by atoms with van der Waals surface area (Å²) in [5.74, 6) is -0.884. The first-order valence-corrected chi connectivity index (χ1v) is 6.17. The predicted octanol–water partition coefficient (Wildman–Crippen LogP) is 2.40. The fraction of sp³-hybridized carbons (Fsp3) is 0.417. The van der Waals surface area contributed by atoms with Crippen LogP contribution in [0, 0.1) is 5.92 Å². The van der Waals surface area contributed by atoms with Gasteiger partial charge in [-0.05, 0) is 30.5 Å². The van der Waals surface area contributed by atoms with Gasteiger partial charge >= 0.3 is 5.97 Å². The third kappa shape index (κ3) is 2.62. The molecule has 1 aromatic carbocycles. The summed E-state index contributed by atoms with van der Waals surface area (Å²) in [5.41, 5.74) is 1.17. The Bertz CT molecular complexity index is 394. The fourth-order valence-corrected chi connectivity index (χ4v) is 2.38. The molecule has 2 atom stereocenters. The molecule has 0 bridgehead atoms. The number of aliphatic carboxylic acids is 1. The van der Waals surface area contributed by atoms with E-state index in [1.54, 1.807) is 0 Å². The van der Waals surface area contributed by atoms with Crippen molar-refractivity contribution < 1.29 is 9.90 Å². The van der Waals surface area contributed by atoms with Crippen LogP contribution in [0.1, 0.15) is 18.4 Å². The number of nitrogens with one attached hydrogen (secondary N) is 1. The molecule has 1 aliphatic rings. The minimum Gasteiger partial charge on any atom is -0.481 e. The second kappa shape index (κ2) is 4.97. The molecule has 2 rings (SSSR count). The van der Waals surface area contributed by atoms with Crippen LogP contribution in [0.3, 0.4) is 0 Å². The van der Waals surface area contributed by atoms with E-state index in [4.69, 9.17) is 5.11 Å². The molecule has 2 N–H and O–H groups in total. The van der Waals surface area contributed by atoms with E-state index in [0.29, 0.717) is 0 Å². The number of carboxylic acids is 1. The summed E-state index contributed by atoms with van der Waals surface area (Å²) < 4.78 is 1.05. The van der Waals surface area contributed by atoms with Gasteiger partial charge in [0.2, 0.25) is 0 Å². The molecule has 16 heavy (non-hydrogen) atoms. The van der Waals surface area contributed by atoms with Crippen LogP contribution in [0.5, 0.6) is 0 Å². The number of hydrogen-bond donors (Lipinski definition) is 2. The highest BCUT2D eigenvalue weighted by molar-refractivity contribution is 9.10. The summed E-state index contributed by atoms with van der Waals surface area (Å²) in [6.45, 7) is 0.730. The number of carbonyl (C=O) groups is 1. The van der Waals surface area contributed by atoms with Crippen LogP contribution in [0.15, 0.2) is 28.7 Å². The van der Waals surface area contributed by atoms with Gasteiger partial charge < -0.3 is 10.4 Å². The van der Waals surface area contributed by atoms with Gasteiger partial charge in [-0.1, -0.05) is 28.1 Å². The zero-order valence-electron chi connectivity index (χ0n) is 8.82. The molecule has 1 fully saturated rings. The topological polar surface area (TPSA) is 49.3 Å². The van der Waals surface area contributed by atoms with Gasteiger partial charge in [-0.2, -0.15) is 0 Å². The summed E-state index contributed by atoms with van der Waals surface area (Å²) in [6, 6.07) is 8.17. The minimum absolute atomic E-state index is 0.136. The molecule has 0 amide bonds. The SMILES string of the molecule is O=C(O)C1CCC1NCc1cccc(Br)c1. The molecule has 0 aliphatic heterocycles. The van der Waals surface area contributed by atoms with E-state index in [9.17, 15) is 4.79 Å². The average Bonchev–Trinajstić information content (AvgIpc) is 2.15. The zero-order valence-corrected chi connectivity index (χ0v) is 10.4. The highest BCUT2D eigenvalue weighted by atomic mass is 79.9. The molecule has 0 radical (unpaired) electrons. The Morgan fingerprint density at radius 2 is 2.31 bits per heavy atom. The molecule has 0 spiro atoms. The summed E-state index contributed by atoms with van der Waals surface area (Å²) in [7, 11) is 0. The molecular formula is C12H14BrNO2. The van der Waals surface area contributed by atoms with E-state index in [-0.39, 0.29) is 12.0 Å². The molecule has 0 aromatic heterocycles. The first kappa shape index (κ1) is 11.6. The van der Waals surface area contributed by atoms with Crippen molar-refractivity contribution in [1.82, 2.24) is 5.32 Å². The Labute approximate surface area is 103 Å². The highest BCUT2D eigenvalue weighted by Gasteiger charge is 2.35. The van der Waals surface area contributed by atoms with E-state index in [1.807, 2.05) is 24.3 Å². The van der Waals surface area contributed by atoms with Crippen LogP contribution >= 0.6 is 15.9 Å². The van der Waals surface area contributed by atoms with Gasteiger partial charge in [-0.25, -0.2) is 0 Å². The maximum absolute atomic E-state index is 10.8. The van der Waals surface area contributed by atoms with Gasteiger partial charge in [0, 0.05) is 17.1 Å². The molecular weight excluding hydrogens is 270 g/mol. The Morgan fingerprint density at radius 1 is 1.50 bits per heavy atom. The van der Waals surface area contributed by atoms with Gasteiger partial charge in [0.05, 0.1) is 5.92 Å². The Morgan fingerprint density at radius 3 is 2.88 bits per heavy atom. The number of halogens is 1. The fourth-order valence-electron chi connectivity index (χ4n) is 1.94. The standard InChI is InChI=1S/C12H14BrNO2/c13-9-3-1-2-8(6-9)7-14-11-5-4-10(11)12(15)16/h1-3,6,10-11,14H,4-5,7H2,(H,15,16). The van der Waals surface area contributed by atoms with Crippen molar-refractivity contribution in [2.45, 2.75) is 25.4 Å². The van der Waals surface area contributed by atoms with Gasteiger partial charge in [-0.15, -0.1) is 0 Å². The van der Waals surface area contributed by atoms with Crippen LogP contribution in [0.2, 0.25) is 0 Å². The predicted molar refractivity (Wildman–Crippen MR) is 65.1 cm³/mol. The number of hydrogen-bond acceptors (Lipinski definition) is 2. The molecule has 2 unspecified atom stereocenters. The van der Waals surface area contributed by atoms with E-state index in [2.05, 4.69) is 21.2 Å². The van der Waals surface area contributed by atoms with Crippen molar-refractivity contribution in [3.63, 3.8) is 0 Å². The molecule has 0 heterocycles. The Kier molecular flexibility index (Phi) is 3.61. The lowest BCUT2D eigenvalue weighted by Gasteiger charge is -2.34. The van der Waals surface area contributed by atoms with Crippen molar-refractivity contribution in [2.24, 2.45) is 5.92 Å². The largest absolute Gasteiger partial charge is 0.481 e. The van der Waals surface area contributed by atoms with Crippen LogP contribution in [-0.4, -0.2) is 17.1 Å². The van der Waals surface area contributed by atoms with Crippen LogP contribution in [0.25, 0.3) is 0 Å². The second-order valence-electron chi connectivity index (χ2n) is 4.14. The van der Waals surface area contributed by atoms with E-state index in [0.717, 1.165) is 23.9 Å². The first-order chi connectivity index (χ1) is 7.66. The lowest BCUT2D eigenvalue weighted by atomic mass is 9.79. The van der Waals surface area contributed by atoms with Crippen molar-refractivity contribution in [3.8, 4) is 0 Å². The van der Waals surface area contributed by atoms with Crippen LogP contribution < -0.4 is 5.32 Å². The first-order valence-electron chi connectivity index (χ1n) is 5.37. The van der Waals surface area contributed by atoms with Crippen molar-refractivity contribution in [2.75, 3.05) is 0 Å². The van der Waals surface area contributed by atoms with Crippen molar-refractivity contribution >= 4 is 21.9 Å². The monoisotopic (exact) mass is 283 g/mol.